The molecule has 26 heavy (non-hydrogen) atoms. The van der Waals surface area contributed by atoms with Crippen molar-refractivity contribution in [1.29, 1.82) is 0 Å². The zero-order valence-corrected chi connectivity index (χ0v) is 15.3. The van der Waals surface area contributed by atoms with Gasteiger partial charge in [0.2, 0.25) is 10.0 Å². The number of hydrogen-bond donors (Lipinski definition) is 2. The second-order valence-corrected chi connectivity index (χ2v) is 8.07. The minimum absolute atomic E-state index is 0.146. The molecule has 0 atom stereocenters. The molecule has 10 nitrogen and oxygen atoms in total. The van der Waals surface area contributed by atoms with E-state index in [-0.39, 0.29) is 28.9 Å². The Morgan fingerprint density at radius 3 is 2.81 bits per heavy atom. The quantitative estimate of drug-likeness (QED) is 0.548. The molecule has 0 aliphatic carbocycles. The van der Waals surface area contributed by atoms with E-state index < -0.39 is 14.9 Å². The third-order valence-corrected chi connectivity index (χ3v) is 5.65. The number of hydrogen-bond acceptors (Lipinski definition) is 7. The summed E-state index contributed by atoms with van der Waals surface area (Å²) in [5, 5.41) is 22.5. The van der Waals surface area contributed by atoms with E-state index in [0.29, 0.717) is 5.82 Å². The molecular weight excluding hydrogens is 360 g/mol. The van der Waals surface area contributed by atoms with Gasteiger partial charge in [0.1, 0.15) is 11.5 Å². The van der Waals surface area contributed by atoms with E-state index in [1.165, 1.54) is 12.1 Å². The van der Waals surface area contributed by atoms with Gasteiger partial charge in [-0.3, -0.25) is 10.1 Å². The molecule has 0 spiro atoms. The van der Waals surface area contributed by atoms with Gasteiger partial charge >= 0.3 is 0 Å². The van der Waals surface area contributed by atoms with Crippen LogP contribution in [0.3, 0.4) is 0 Å². The van der Waals surface area contributed by atoms with E-state index >= 15 is 0 Å². The van der Waals surface area contributed by atoms with Crippen LogP contribution in [-0.2, 0) is 29.5 Å². The Kier molecular flexibility index (Phi) is 4.92. The van der Waals surface area contributed by atoms with Gasteiger partial charge in [0.25, 0.3) is 5.69 Å². The minimum Gasteiger partial charge on any atom is -0.372 e. The summed E-state index contributed by atoms with van der Waals surface area (Å²) < 4.78 is 28.9. The van der Waals surface area contributed by atoms with Crippen LogP contribution >= 0.6 is 0 Å². The van der Waals surface area contributed by atoms with Crippen molar-refractivity contribution in [3.63, 3.8) is 0 Å². The molecule has 2 aromatic rings. The summed E-state index contributed by atoms with van der Waals surface area (Å²) in [5.74, 6) is 1.61. The van der Waals surface area contributed by atoms with Crippen LogP contribution in [0.15, 0.2) is 23.1 Å². The Bertz CT molecular complexity index is 938. The topological polar surface area (TPSA) is 132 Å². The standard InChI is InChI=1S/C15H20N6O4S/c1-10(2)19-26(24,25)11-5-6-12(13(8-11)21(22)23)16-9-15-18-17-14-4-3-7-20(14)15/h5-6,8,10,16,19H,3-4,7,9H2,1-2H3. The third kappa shape index (κ3) is 3.68. The second kappa shape index (κ2) is 7.00. The lowest BCUT2D eigenvalue weighted by Gasteiger charge is -2.11. The van der Waals surface area contributed by atoms with Crippen molar-refractivity contribution < 1.29 is 13.3 Å². The Balaban J connectivity index is 1.84. The van der Waals surface area contributed by atoms with Crippen molar-refractivity contribution in [2.24, 2.45) is 0 Å². The molecule has 1 aromatic heterocycles. The number of sulfonamides is 1. The minimum atomic E-state index is -3.81. The molecule has 1 aromatic carbocycles. The van der Waals surface area contributed by atoms with Gasteiger partial charge in [-0.05, 0) is 32.4 Å². The fourth-order valence-corrected chi connectivity index (χ4v) is 4.14. The molecule has 11 heteroatoms. The van der Waals surface area contributed by atoms with E-state index in [2.05, 4.69) is 20.2 Å². The van der Waals surface area contributed by atoms with Crippen LogP contribution in [0.2, 0.25) is 0 Å². The number of benzene rings is 1. The van der Waals surface area contributed by atoms with Crippen molar-refractivity contribution in [2.75, 3.05) is 5.32 Å². The Morgan fingerprint density at radius 1 is 1.35 bits per heavy atom. The molecule has 0 saturated carbocycles. The summed E-state index contributed by atoms with van der Waals surface area (Å²) in [6.07, 6.45) is 1.88. The first-order valence-electron chi connectivity index (χ1n) is 8.23. The molecule has 0 radical (unpaired) electrons. The lowest BCUT2D eigenvalue weighted by Crippen LogP contribution is -2.30. The molecule has 0 fully saturated rings. The molecule has 0 saturated heterocycles. The highest BCUT2D eigenvalue weighted by Crippen LogP contribution is 2.28. The van der Waals surface area contributed by atoms with Crippen molar-refractivity contribution in [3.8, 4) is 0 Å². The number of rotatable bonds is 7. The van der Waals surface area contributed by atoms with E-state index in [9.17, 15) is 18.5 Å². The van der Waals surface area contributed by atoms with Crippen LogP contribution in [0.5, 0.6) is 0 Å². The lowest BCUT2D eigenvalue weighted by atomic mass is 10.2. The first-order chi connectivity index (χ1) is 12.3. The number of fused-ring (bicyclic) bond motifs is 1. The third-order valence-electron chi connectivity index (χ3n) is 3.99. The maximum absolute atomic E-state index is 12.2. The average molecular weight is 380 g/mol. The zero-order chi connectivity index (χ0) is 18.9. The van der Waals surface area contributed by atoms with Gasteiger partial charge in [-0.15, -0.1) is 10.2 Å². The Morgan fingerprint density at radius 2 is 2.12 bits per heavy atom. The first-order valence-corrected chi connectivity index (χ1v) is 9.72. The maximum Gasteiger partial charge on any atom is 0.293 e. The lowest BCUT2D eigenvalue weighted by molar-refractivity contribution is -0.384. The fourth-order valence-electron chi connectivity index (χ4n) is 2.87. The highest BCUT2D eigenvalue weighted by Gasteiger charge is 2.23. The van der Waals surface area contributed by atoms with Crippen LogP contribution < -0.4 is 10.0 Å². The van der Waals surface area contributed by atoms with Crippen molar-refractivity contribution in [1.82, 2.24) is 19.5 Å². The molecule has 1 aliphatic heterocycles. The number of nitro groups is 1. The van der Waals surface area contributed by atoms with Crippen molar-refractivity contribution in [3.05, 3.63) is 40.0 Å². The van der Waals surface area contributed by atoms with E-state index in [1.807, 2.05) is 4.57 Å². The van der Waals surface area contributed by atoms with Gasteiger partial charge in [-0.2, -0.15) is 0 Å². The Labute approximate surface area is 150 Å². The number of aromatic nitrogens is 3. The maximum atomic E-state index is 12.2. The molecule has 1 aliphatic rings. The first kappa shape index (κ1) is 18.3. The summed E-state index contributed by atoms with van der Waals surface area (Å²) >= 11 is 0. The molecule has 3 rings (SSSR count). The van der Waals surface area contributed by atoms with E-state index in [4.69, 9.17) is 0 Å². The zero-order valence-electron chi connectivity index (χ0n) is 14.5. The van der Waals surface area contributed by atoms with Crippen LogP contribution in [0.1, 0.15) is 31.9 Å². The van der Waals surface area contributed by atoms with Gasteiger partial charge in [-0.1, -0.05) is 0 Å². The van der Waals surface area contributed by atoms with Gasteiger partial charge in [0.05, 0.1) is 16.4 Å². The second-order valence-electron chi connectivity index (χ2n) is 6.35. The highest BCUT2D eigenvalue weighted by molar-refractivity contribution is 7.89. The number of nitro benzene ring substituents is 1. The van der Waals surface area contributed by atoms with Gasteiger partial charge in [0.15, 0.2) is 5.82 Å². The van der Waals surface area contributed by atoms with Gasteiger partial charge < -0.3 is 9.88 Å². The van der Waals surface area contributed by atoms with Crippen LogP contribution in [0.4, 0.5) is 11.4 Å². The molecule has 0 unspecified atom stereocenters. The highest BCUT2D eigenvalue weighted by atomic mass is 32.2. The smallest absolute Gasteiger partial charge is 0.293 e. The monoisotopic (exact) mass is 380 g/mol. The summed E-state index contributed by atoms with van der Waals surface area (Å²) in [6, 6.07) is 3.48. The van der Waals surface area contributed by atoms with E-state index in [1.54, 1.807) is 13.8 Å². The largest absolute Gasteiger partial charge is 0.372 e. The fraction of sp³-hybridized carbons (Fsp3) is 0.467. The predicted octanol–water partition coefficient (Wildman–Crippen LogP) is 1.43. The number of aryl methyl sites for hydroxylation is 1. The summed E-state index contributed by atoms with van der Waals surface area (Å²) in [5.41, 5.74) is -0.0772. The molecule has 140 valence electrons. The van der Waals surface area contributed by atoms with Crippen molar-refractivity contribution >= 4 is 21.4 Å². The molecular formula is C15H20N6O4S. The number of nitrogens with one attached hydrogen (secondary N) is 2. The summed E-state index contributed by atoms with van der Waals surface area (Å²) in [7, 11) is -3.81. The van der Waals surface area contributed by atoms with Crippen LogP contribution in [0, 0.1) is 10.1 Å². The average Bonchev–Trinajstić information content (AvgIpc) is 3.15. The van der Waals surface area contributed by atoms with Gasteiger partial charge in [0, 0.05) is 25.1 Å². The molecule has 0 bridgehead atoms. The molecule has 2 heterocycles. The summed E-state index contributed by atoms with van der Waals surface area (Å²) in [4.78, 5) is 10.6. The summed E-state index contributed by atoms with van der Waals surface area (Å²) in [6.45, 7) is 4.46. The number of anilines is 1. The van der Waals surface area contributed by atoms with Crippen LogP contribution in [-0.4, -0.2) is 34.1 Å². The van der Waals surface area contributed by atoms with E-state index in [0.717, 1.165) is 31.3 Å². The van der Waals surface area contributed by atoms with Crippen molar-refractivity contribution in [2.45, 2.75) is 50.7 Å². The number of nitrogens with zero attached hydrogens (tertiary/aromatic N) is 4. The molecule has 0 amide bonds. The normalized spacial score (nSPS) is 13.8. The predicted molar refractivity (Wildman–Crippen MR) is 94.2 cm³/mol. The molecule has 2 N–H and O–H groups in total. The SMILES string of the molecule is CC(C)NS(=O)(=O)c1ccc(NCc2nnc3n2CCC3)c([N+](=O)[O-])c1. The van der Waals surface area contributed by atoms with Crippen LogP contribution in [0.25, 0.3) is 0 Å². The Hall–Kier alpha value is -2.53. The van der Waals surface area contributed by atoms with Gasteiger partial charge in [-0.25, -0.2) is 13.1 Å².